The van der Waals surface area contributed by atoms with Crippen molar-refractivity contribution in [1.29, 1.82) is 0 Å². The van der Waals surface area contributed by atoms with Crippen molar-refractivity contribution in [3.63, 3.8) is 0 Å². The van der Waals surface area contributed by atoms with E-state index in [-0.39, 0.29) is 5.56 Å². The van der Waals surface area contributed by atoms with E-state index < -0.39 is 12.1 Å². The molecular formula is C21H26N2O3. The van der Waals surface area contributed by atoms with Crippen LogP contribution in [0.1, 0.15) is 27.6 Å². The molecule has 1 atom stereocenters. The number of nitrogens with zero attached hydrogens (tertiary/aromatic N) is 2. The number of aliphatic hydroxyl groups excluding tert-OH is 1. The Labute approximate surface area is 154 Å². The molecule has 1 heterocycles. The maximum absolute atomic E-state index is 11.5. The number of carboxylic acids is 1. The zero-order valence-corrected chi connectivity index (χ0v) is 15.4. The molecule has 138 valence electrons. The third kappa shape index (κ3) is 4.49. The van der Waals surface area contributed by atoms with E-state index in [2.05, 4.69) is 16.8 Å². The van der Waals surface area contributed by atoms with Crippen LogP contribution in [0.15, 0.2) is 42.5 Å². The molecule has 26 heavy (non-hydrogen) atoms. The number of rotatable bonds is 5. The average molecular weight is 354 g/mol. The van der Waals surface area contributed by atoms with Gasteiger partial charge in [0.15, 0.2) is 0 Å². The van der Waals surface area contributed by atoms with Crippen molar-refractivity contribution < 1.29 is 15.0 Å². The Kier molecular flexibility index (Phi) is 5.71. The zero-order chi connectivity index (χ0) is 18.7. The lowest BCUT2D eigenvalue weighted by atomic mass is 9.96. The van der Waals surface area contributed by atoms with Gasteiger partial charge < -0.3 is 15.1 Å². The molecule has 1 saturated heterocycles. The van der Waals surface area contributed by atoms with Gasteiger partial charge in [0, 0.05) is 32.7 Å². The van der Waals surface area contributed by atoms with Gasteiger partial charge >= 0.3 is 5.97 Å². The fourth-order valence-electron chi connectivity index (χ4n) is 3.26. The smallest absolute Gasteiger partial charge is 0.335 e. The minimum Gasteiger partial charge on any atom is -0.478 e. The van der Waals surface area contributed by atoms with Gasteiger partial charge in [-0.25, -0.2) is 4.79 Å². The van der Waals surface area contributed by atoms with Crippen LogP contribution in [0.2, 0.25) is 0 Å². The number of benzene rings is 2. The molecule has 1 unspecified atom stereocenters. The van der Waals surface area contributed by atoms with Crippen molar-refractivity contribution in [2.24, 2.45) is 0 Å². The van der Waals surface area contributed by atoms with Crippen molar-refractivity contribution in [2.75, 3.05) is 39.8 Å². The average Bonchev–Trinajstić information content (AvgIpc) is 2.63. The quantitative estimate of drug-likeness (QED) is 0.864. The Bertz CT molecular complexity index is 765. The molecule has 1 fully saturated rings. The number of aliphatic hydroxyl groups is 1. The first-order chi connectivity index (χ1) is 12.4. The van der Waals surface area contributed by atoms with Crippen LogP contribution in [-0.2, 0) is 0 Å². The molecule has 2 aromatic carbocycles. The van der Waals surface area contributed by atoms with Gasteiger partial charge in [0.25, 0.3) is 0 Å². The molecule has 0 bridgehead atoms. The van der Waals surface area contributed by atoms with Crippen LogP contribution in [0.25, 0.3) is 11.1 Å². The van der Waals surface area contributed by atoms with Crippen LogP contribution >= 0.6 is 0 Å². The molecule has 0 radical (unpaired) electrons. The molecule has 2 N–H and O–H groups in total. The minimum absolute atomic E-state index is 0.204. The summed E-state index contributed by atoms with van der Waals surface area (Å²) in [6.07, 6.45) is -0.707. The summed E-state index contributed by atoms with van der Waals surface area (Å²) in [5.41, 5.74) is 3.78. The topological polar surface area (TPSA) is 64.0 Å². The van der Waals surface area contributed by atoms with E-state index in [1.54, 1.807) is 12.1 Å². The number of carbonyl (C=O) groups is 1. The van der Waals surface area contributed by atoms with Crippen LogP contribution in [0, 0.1) is 6.92 Å². The molecule has 2 aromatic rings. The number of likely N-dealkylation sites (N-methyl/N-ethyl adjacent to an activating group) is 1. The maximum Gasteiger partial charge on any atom is 0.335 e. The van der Waals surface area contributed by atoms with Crippen molar-refractivity contribution in [3.05, 3.63) is 59.2 Å². The molecule has 1 aliphatic heterocycles. The Morgan fingerprint density at radius 1 is 1.04 bits per heavy atom. The summed E-state index contributed by atoms with van der Waals surface area (Å²) < 4.78 is 0. The second-order valence-electron chi connectivity index (χ2n) is 7.13. The van der Waals surface area contributed by atoms with E-state index in [1.165, 1.54) is 0 Å². The normalized spacial score (nSPS) is 17.2. The standard InChI is InChI=1S/C21H26N2O3/c1-15-3-5-16(6-4-15)17-11-18(13-19(12-17)21(25)26)20(24)14-23-9-7-22(2)8-10-23/h3-6,11-13,20,24H,7-10,14H2,1-2H3,(H,25,26). The number of aromatic carboxylic acids is 1. The van der Waals surface area contributed by atoms with E-state index in [0.29, 0.717) is 12.1 Å². The zero-order valence-electron chi connectivity index (χ0n) is 15.4. The molecule has 0 aliphatic carbocycles. The van der Waals surface area contributed by atoms with E-state index >= 15 is 0 Å². The Morgan fingerprint density at radius 3 is 2.31 bits per heavy atom. The van der Waals surface area contributed by atoms with Crippen LogP contribution in [0.4, 0.5) is 0 Å². The number of β-amino-alcohol motifs (C(OH)–C–C–N with tert-alkyl or cyclic N) is 1. The minimum atomic E-state index is -0.980. The number of piperazine rings is 1. The van der Waals surface area contributed by atoms with Crippen molar-refractivity contribution in [3.8, 4) is 11.1 Å². The number of hydrogen-bond acceptors (Lipinski definition) is 4. The summed E-state index contributed by atoms with van der Waals surface area (Å²) >= 11 is 0. The predicted molar refractivity (Wildman–Crippen MR) is 102 cm³/mol. The Morgan fingerprint density at radius 2 is 1.69 bits per heavy atom. The Balaban J connectivity index is 1.85. The molecule has 0 saturated carbocycles. The van der Waals surface area contributed by atoms with Gasteiger partial charge in [-0.3, -0.25) is 4.90 Å². The van der Waals surface area contributed by atoms with Crippen LogP contribution in [0.5, 0.6) is 0 Å². The first-order valence-electron chi connectivity index (χ1n) is 8.96. The highest BCUT2D eigenvalue weighted by Crippen LogP contribution is 2.26. The molecule has 0 aromatic heterocycles. The Hall–Kier alpha value is -2.21. The molecule has 5 nitrogen and oxygen atoms in total. The van der Waals surface area contributed by atoms with Crippen LogP contribution in [-0.4, -0.2) is 65.8 Å². The number of carboxylic acid groups (broad SMARTS) is 1. The summed E-state index contributed by atoms with van der Waals surface area (Å²) in [5, 5.41) is 20.2. The lowest BCUT2D eigenvalue weighted by Crippen LogP contribution is -2.45. The van der Waals surface area contributed by atoms with Crippen molar-refractivity contribution in [2.45, 2.75) is 13.0 Å². The molecule has 5 heteroatoms. The highest BCUT2D eigenvalue weighted by atomic mass is 16.4. The van der Waals surface area contributed by atoms with Crippen LogP contribution < -0.4 is 0 Å². The van der Waals surface area contributed by atoms with Crippen molar-refractivity contribution in [1.82, 2.24) is 9.80 Å². The van der Waals surface area contributed by atoms with E-state index in [0.717, 1.165) is 42.9 Å². The first kappa shape index (κ1) is 18.6. The third-order valence-electron chi connectivity index (χ3n) is 5.00. The predicted octanol–water partition coefficient (Wildman–Crippen LogP) is 2.64. The lowest BCUT2D eigenvalue weighted by molar-refractivity contribution is 0.0695. The maximum atomic E-state index is 11.5. The summed E-state index contributed by atoms with van der Waals surface area (Å²) in [4.78, 5) is 16.0. The van der Waals surface area contributed by atoms with E-state index in [9.17, 15) is 15.0 Å². The van der Waals surface area contributed by atoms with E-state index in [4.69, 9.17) is 0 Å². The van der Waals surface area contributed by atoms with Gasteiger partial charge in [0.05, 0.1) is 11.7 Å². The molecule has 1 aliphatic rings. The molecule has 0 amide bonds. The van der Waals surface area contributed by atoms with Gasteiger partial charge in [0.1, 0.15) is 0 Å². The van der Waals surface area contributed by atoms with E-state index in [1.807, 2.05) is 37.3 Å². The monoisotopic (exact) mass is 354 g/mol. The molecular weight excluding hydrogens is 328 g/mol. The van der Waals surface area contributed by atoms with Crippen molar-refractivity contribution >= 4 is 5.97 Å². The van der Waals surface area contributed by atoms with Gasteiger partial charge in [-0.15, -0.1) is 0 Å². The second-order valence-corrected chi connectivity index (χ2v) is 7.13. The third-order valence-corrected chi connectivity index (χ3v) is 5.00. The fourth-order valence-corrected chi connectivity index (χ4v) is 3.26. The number of hydrogen-bond donors (Lipinski definition) is 2. The summed E-state index contributed by atoms with van der Waals surface area (Å²) in [6.45, 7) is 6.33. The largest absolute Gasteiger partial charge is 0.478 e. The lowest BCUT2D eigenvalue weighted by Gasteiger charge is -2.33. The summed E-state index contributed by atoms with van der Waals surface area (Å²) in [7, 11) is 2.10. The number of aryl methyl sites for hydroxylation is 1. The first-order valence-corrected chi connectivity index (χ1v) is 8.96. The van der Waals surface area contributed by atoms with Gasteiger partial charge in [-0.2, -0.15) is 0 Å². The van der Waals surface area contributed by atoms with Gasteiger partial charge in [0.2, 0.25) is 0 Å². The van der Waals surface area contributed by atoms with Crippen LogP contribution in [0.3, 0.4) is 0 Å². The summed E-state index contributed by atoms with van der Waals surface area (Å²) in [6, 6.07) is 13.1. The molecule has 0 spiro atoms. The highest BCUT2D eigenvalue weighted by molar-refractivity contribution is 5.90. The SMILES string of the molecule is Cc1ccc(-c2cc(C(=O)O)cc(C(O)CN3CCN(C)CC3)c2)cc1. The van der Waals surface area contributed by atoms with Gasteiger partial charge in [-0.1, -0.05) is 29.8 Å². The fraction of sp³-hybridized carbons (Fsp3) is 0.381. The van der Waals surface area contributed by atoms with Gasteiger partial charge in [-0.05, 0) is 48.9 Å². The summed E-state index contributed by atoms with van der Waals surface area (Å²) in [5.74, 6) is -0.980. The molecule has 3 rings (SSSR count). The second kappa shape index (κ2) is 7.99. The highest BCUT2D eigenvalue weighted by Gasteiger charge is 2.20.